The largest absolute Gasteiger partial charge is 0.191 e. The Balaban J connectivity index is 2.93. The van der Waals surface area contributed by atoms with Crippen molar-refractivity contribution in [1.82, 2.24) is 4.37 Å². The molecular formula is C7H4BrNS. The second kappa shape index (κ2) is 2.32. The molecule has 1 nitrogen and oxygen atoms in total. The van der Waals surface area contributed by atoms with E-state index in [-0.39, 0.29) is 0 Å². The molecule has 0 unspecified atom stereocenters. The van der Waals surface area contributed by atoms with E-state index in [0.29, 0.717) is 0 Å². The third-order valence-electron chi connectivity index (χ3n) is 1.34. The van der Waals surface area contributed by atoms with Gasteiger partial charge in [0.25, 0.3) is 0 Å². The van der Waals surface area contributed by atoms with Gasteiger partial charge in [0.05, 0.1) is 9.30 Å². The first-order valence-corrected chi connectivity index (χ1v) is 4.44. The van der Waals surface area contributed by atoms with Crippen molar-refractivity contribution in [2.75, 3.05) is 0 Å². The van der Waals surface area contributed by atoms with Crippen LogP contribution in [-0.4, -0.2) is 4.37 Å². The molecule has 0 bridgehead atoms. The molecule has 2 rings (SSSR count). The minimum absolute atomic E-state index is 1.07. The van der Waals surface area contributed by atoms with Crippen LogP contribution >= 0.6 is 27.5 Å². The van der Waals surface area contributed by atoms with E-state index >= 15 is 0 Å². The maximum absolute atomic E-state index is 4.21. The summed E-state index contributed by atoms with van der Waals surface area (Å²) in [5.41, 5.74) is 1.07. The van der Waals surface area contributed by atoms with Crippen LogP contribution in [0.25, 0.3) is 10.9 Å². The van der Waals surface area contributed by atoms with Gasteiger partial charge in [0.2, 0.25) is 0 Å². The molecule has 0 amide bonds. The Kier molecular flexibility index (Phi) is 1.47. The van der Waals surface area contributed by atoms with Crippen molar-refractivity contribution in [2.45, 2.75) is 0 Å². The van der Waals surface area contributed by atoms with Gasteiger partial charge < -0.3 is 0 Å². The number of nitrogens with zero attached hydrogens (tertiary/aromatic N) is 1. The predicted molar refractivity (Wildman–Crippen MR) is 47.3 cm³/mol. The SMILES string of the molecule is Brc1snc2ccccc12. The smallest absolute Gasteiger partial charge is 0.0983 e. The van der Waals surface area contributed by atoms with Crippen LogP contribution in [0, 0.1) is 0 Å². The number of aromatic nitrogens is 1. The van der Waals surface area contributed by atoms with Gasteiger partial charge in [-0.3, -0.25) is 0 Å². The summed E-state index contributed by atoms with van der Waals surface area (Å²) in [4.78, 5) is 0. The van der Waals surface area contributed by atoms with E-state index in [1.54, 1.807) is 0 Å². The molecule has 1 heterocycles. The molecule has 0 fully saturated rings. The second-order valence-corrected chi connectivity index (χ2v) is 4.06. The highest BCUT2D eigenvalue weighted by Crippen LogP contribution is 2.26. The van der Waals surface area contributed by atoms with Crippen LogP contribution in [0.15, 0.2) is 28.1 Å². The average molecular weight is 214 g/mol. The van der Waals surface area contributed by atoms with Gasteiger partial charge in [-0.2, -0.15) is 4.37 Å². The van der Waals surface area contributed by atoms with Gasteiger partial charge in [0.1, 0.15) is 0 Å². The first-order valence-electron chi connectivity index (χ1n) is 2.88. The predicted octanol–water partition coefficient (Wildman–Crippen LogP) is 3.06. The molecule has 0 saturated carbocycles. The first kappa shape index (κ1) is 6.31. The monoisotopic (exact) mass is 213 g/mol. The van der Waals surface area contributed by atoms with Crippen molar-refractivity contribution in [1.29, 1.82) is 0 Å². The molecule has 3 heteroatoms. The number of benzene rings is 1. The summed E-state index contributed by atoms with van der Waals surface area (Å²) in [6.07, 6.45) is 0. The van der Waals surface area contributed by atoms with E-state index in [1.165, 1.54) is 16.9 Å². The lowest BCUT2D eigenvalue weighted by Gasteiger charge is -1.83. The Morgan fingerprint density at radius 2 is 2.10 bits per heavy atom. The van der Waals surface area contributed by atoms with Gasteiger partial charge >= 0.3 is 0 Å². The molecule has 1 aromatic heterocycles. The minimum atomic E-state index is 1.07. The number of hydrogen-bond acceptors (Lipinski definition) is 2. The van der Waals surface area contributed by atoms with Gasteiger partial charge in [0, 0.05) is 5.39 Å². The molecule has 10 heavy (non-hydrogen) atoms. The van der Waals surface area contributed by atoms with E-state index in [0.717, 1.165) is 9.30 Å². The number of rotatable bonds is 0. The number of hydrogen-bond donors (Lipinski definition) is 0. The van der Waals surface area contributed by atoms with Crippen molar-refractivity contribution in [3.8, 4) is 0 Å². The van der Waals surface area contributed by atoms with E-state index in [1.807, 2.05) is 18.2 Å². The summed E-state index contributed by atoms with van der Waals surface area (Å²) in [5.74, 6) is 0. The minimum Gasteiger partial charge on any atom is -0.191 e. The molecular weight excluding hydrogens is 210 g/mol. The van der Waals surface area contributed by atoms with Gasteiger partial charge in [-0.15, -0.1) is 0 Å². The summed E-state index contributed by atoms with van der Waals surface area (Å²) in [5, 5.41) is 1.20. The quantitative estimate of drug-likeness (QED) is 0.656. The van der Waals surface area contributed by atoms with Crippen LogP contribution in [0.2, 0.25) is 0 Å². The van der Waals surface area contributed by atoms with Crippen molar-refractivity contribution in [2.24, 2.45) is 0 Å². The van der Waals surface area contributed by atoms with Crippen molar-refractivity contribution >= 4 is 38.4 Å². The fourth-order valence-electron chi connectivity index (χ4n) is 0.858. The van der Waals surface area contributed by atoms with Crippen LogP contribution in [0.4, 0.5) is 0 Å². The average Bonchev–Trinajstić information content (AvgIpc) is 2.34. The summed E-state index contributed by atoms with van der Waals surface area (Å²) in [6.45, 7) is 0. The maximum Gasteiger partial charge on any atom is 0.0983 e. The third-order valence-corrected chi connectivity index (χ3v) is 2.87. The summed E-state index contributed by atoms with van der Waals surface area (Å²) in [7, 11) is 0. The molecule has 0 aliphatic carbocycles. The molecule has 0 spiro atoms. The Labute approximate surface area is 71.0 Å². The highest BCUT2D eigenvalue weighted by atomic mass is 79.9. The Hall–Kier alpha value is -0.410. The van der Waals surface area contributed by atoms with E-state index < -0.39 is 0 Å². The highest BCUT2D eigenvalue weighted by molar-refractivity contribution is 9.11. The van der Waals surface area contributed by atoms with Gasteiger partial charge in [-0.1, -0.05) is 18.2 Å². The maximum atomic E-state index is 4.21. The third kappa shape index (κ3) is 0.859. The van der Waals surface area contributed by atoms with E-state index in [9.17, 15) is 0 Å². The molecule has 0 saturated heterocycles. The first-order chi connectivity index (χ1) is 4.88. The zero-order valence-corrected chi connectivity index (χ0v) is 7.45. The zero-order chi connectivity index (χ0) is 6.97. The van der Waals surface area contributed by atoms with E-state index in [4.69, 9.17) is 0 Å². The summed E-state index contributed by atoms with van der Waals surface area (Å²) >= 11 is 4.91. The number of halogens is 1. The van der Waals surface area contributed by atoms with Gasteiger partial charge in [0.15, 0.2) is 0 Å². The standard InChI is InChI=1S/C7H4BrNS/c8-7-5-3-1-2-4-6(5)9-10-7/h1-4H. The molecule has 0 radical (unpaired) electrons. The normalized spacial score (nSPS) is 10.5. The van der Waals surface area contributed by atoms with Crippen LogP contribution < -0.4 is 0 Å². The van der Waals surface area contributed by atoms with Gasteiger partial charge in [-0.25, -0.2) is 0 Å². The van der Waals surface area contributed by atoms with Gasteiger partial charge in [-0.05, 0) is 33.5 Å². The molecule has 50 valence electrons. The van der Waals surface area contributed by atoms with Crippen molar-refractivity contribution < 1.29 is 0 Å². The van der Waals surface area contributed by atoms with Crippen LogP contribution in [0.1, 0.15) is 0 Å². The second-order valence-electron chi connectivity index (χ2n) is 1.97. The molecule has 0 atom stereocenters. The lowest BCUT2D eigenvalue weighted by Crippen LogP contribution is -1.62. The lowest BCUT2D eigenvalue weighted by atomic mass is 10.3. The zero-order valence-electron chi connectivity index (χ0n) is 5.04. The highest BCUT2D eigenvalue weighted by Gasteiger charge is 1.98. The molecule has 0 aliphatic rings. The Morgan fingerprint density at radius 3 is 2.90 bits per heavy atom. The summed E-state index contributed by atoms with van der Waals surface area (Å²) in [6, 6.07) is 8.08. The van der Waals surface area contributed by atoms with Crippen LogP contribution in [0.3, 0.4) is 0 Å². The number of fused-ring (bicyclic) bond motifs is 1. The molecule has 0 N–H and O–H groups in total. The fourth-order valence-corrected chi connectivity index (χ4v) is 2.02. The van der Waals surface area contributed by atoms with Crippen molar-refractivity contribution in [3.63, 3.8) is 0 Å². The molecule has 1 aromatic carbocycles. The molecule has 2 aromatic rings. The van der Waals surface area contributed by atoms with Crippen LogP contribution in [0.5, 0.6) is 0 Å². The Morgan fingerprint density at radius 1 is 1.30 bits per heavy atom. The van der Waals surface area contributed by atoms with E-state index in [2.05, 4.69) is 26.4 Å². The van der Waals surface area contributed by atoms with Crippen LogP contribution in [-0.2, 0) is 0 Å². The Bertz CT molecular complexity index is 355. The molecule has 0 aliphatic heterocycles. The fraction of sp³-hybridized carbons (Fsp3) is 0. The topological polar surface area (TPSA) is 12.9 Å². The lowest BCUT2D eigenvalue weighted by molar-refractivity contribution is 1.66. The van der Waals surface area contributed by atoms with Crippen molar-refractivity contribution in [3.05, 3.63) is 28.1 Å². The summed E-state index contributed by atoms with van der Waals surface area (Å²) < 4.78 is 5.33.